The van der Waals surface area contributed by atoms with E-state index in [0.717, 1.165) is 12.0 Å². The molecule has 0 saturated carbocycles. The summed E-state index contributed by atoms with van der Waals surface area (Å²) in [6, 6.07) is 6.74. The molecule has 0 aliphatic carbocycles. The Morgan fingerprint density at radius 2 is 1.48 bits per heavy atom. The van der Waals surface area contributed by atoms with Crippen molar-refractivity contribution in [2.24, 2.45) is 5.92 Å². The van der Waals surface area contributed by atoms with Crippen molar-refractivity contribution in [3.63, 3.8) is 0 Å². The number of amides is 1. The summed E-state index contributed by atoms with van der Waals surface area (Å²) >= 11 is 6.37. The van der Waals surface area contributed by atoms with Gasteiger partial charge in [0.15, 0.2) is 23.0 Å². The molecule has 0 radical (unpaired) electrons. The summed E-state index contributed by atoms with van der Waals surface area (Å²) in [7, 11) is 6.13. The number of halogens is 1. The zero-order chi connectivity index (χ0) is 23.0. The number of carbonyl (C=O) groups excluding carboxylic acids is 1. The molecule has 0 heterocycles. The van der Waals surface area contributed by atoms with Crippen LogP contribution in [-0.4, -0.2) is 41.0 Å². The van der Waals surface area contributed by atoms with Gasteiger partial charge in [0.25, 0.3) is 5.91 Å². The van der Waals surface area contributed by atoms with Gasteiger partial charge in [-0.1, -0.05) is 25.4 Å². The Balaban J connectivity index is 2.16. The second-order valence-electron chi connectivity index (χ2n) is 7.24. The fourth-order valence-corrected chi connectivity index (χ4v) is 3.17. The lowest BCUT2D eigenvalue weighted by Crippen LogP contribution is -2.23. The van der Waals surface area contributed by atoms with Gasteiger partial charge in [0.1, 0.15) is 0 Å². The summed E-state index contributed by atoms with van der Waals surface area (Å²) in [5, 5.41) is 3.19. The summed E-state index contributed by atoms with van der Waals surface area (Å²) < 4.78 is 27.2. The average molecular weight is 452 g/mol. The van der Waals surface area contributed by atoms with Gasteiger partial charge in [-0.3, -0.25) is 4.79 Å². The number of methoxy groups -OCH3 is 4. The van der Waals surface area contributed by atoms with Gasteiger partial charge >= 0.3 is 0 Å². The predicted octanol–water partition coefficient (Wildman–Crippen LogP) is 4.73. The lowest BCUT2D eigenvalue weighted by Gasteiger charge is -2.16. The monoisotopic (exact) mass is 451 g/mol. The van der Waals surface area contributed by atoms with E-state index in [4.69, 9.17) is 35.3 Å². The fraction of sp³-hybridized carbons (Fsp3) is 0.435. The highest BCUT2D eigenvalue weighted by Crippen LogP contribution is 2.38. The first-order valence-electron chi connectivity index (χ1n) is 9.91. The van der Waals surface area contributed by atoms with Crippen LogP contribution in [0.15, 0.2) is 24.3 Å². The van der Waals surface area contributed by atoms with E-state index in [1.165, 1.54) is 14.2 Å². The summed E-state index contributed by atoms with van der Waals surface area (Å²) in [6.45, 7) is 5.00. The molecule has 1 amide bonds. The zero-order valence-corrected chi connectivity index (χ0v) is 19.6. The van der Waals surface area contributed by atoms with E-state index in [-0.39, 0.29) is 12.5 Å². The summed E-state index contributed by atoms with van der Waals surface area (Å²) in [5.41, 5.74) is 1.15. The van der Waals surface area contributed by atoms with Crippen molar-refractivity contribution in [2.75, 3.05) is 35.0 Å². The number of hydrogen-bond donors (Lipinski definition) is 1. The molecule has 2 aromatic rings. The van der Waals surface area contributed by atoms with E-state index in [0.29, 0.717) is 51.9 Å². The molecule has 31 heavy (non-hydrogen) atoms. The van der Waals surface area contributed by atoms with Crippen LogP contribution in [0.3, 0.4) is 0 Å². The first-order valence-corrected chi connectivity index (χ1v) is 10.3. The number of rotatable bonds is 11. The molecule has 1 N–H and O–H groups in total. The van der Waals surface area contributed by atoms with Gasteiger partial charge < -0.3 is 29.0 Å². The molecule has 0 aliphatic heterocycles. The second-order valence-corrected chi connectivity index (χ2v) is 7.64. The lowest BCUT2D eigenvalue weighted by molar-refractivity contribution is 0.0950. The van der Waals surface area contributed by atoms with Gasteiger partial charge in [-0.25, -0.2) is 0 Å². The van der Waals surface area contributed by atoms with Crippen LogP contribution in [0.5, 0.6) is 28.7 Å². The van der Waals surface area contributed by atoms with Gasteiger partial charge in [-0.2, -0.15) is 0 Å². The van der Waals surface area contributed by atoms with Crippen LogP contribution < -0.4 is 29.0 Å². The molecular weight excluding hydrogens is 422 g/mol. The van der Waals surface area contributed by atoms with Crippen molar-refractivity contribution in [1.82, 2.24) is 5.32 Å². The van der Waals surface area contributed by atoms with E-state index in [2.05, 4.69) is 19.2 Å². The third-order valence-electron chi connectivity index (χ3n) is 4.61. The number of nitrogens with one attached hydrogen (secondary N) is 1. The maximum atomic E-state index is 12.7. The smallest absolute Gasteiger partial charge is 0.251 e. The van der Waals surface area contributed by atoms with E-state index in [1.807, 2.05) is 0 Å². The van der Waals surface area contributed by atoms with Crippen molar-refractivity contribution >= 4 is 17.5 Å². The maximum absolute atomic E-state index is 12.7. The fourth-order valence-electron chi connectivity index (χ4n) is 2.91. The molecule has 0 aromatic heterocycles. The minimum atomic E-state index is -0.303. The predicted molar refractivity (Wildman–Crippen MR) is 120 cm³/mol. The highest BCUT2D eigenvalue weighted by atomic mass is 35.5. The Bertz CT molecular complexity index is 875. The number of benzene rings is 2. The van der Waals surface area contributed by atoms with Gasteiger partial charge in [0, 0.05) is 12.1 Å². The molecule has 0 spiro atoms. The molecule has 0 aliphatic rings. The van der Waals surface area contributed by atoms with Crippen molar-refractivity contribution in [3.8, 4) is 28.7 Å². The van der Waals surface area contributed by atoms with Crippen molar-refractivity contribution < 1.29 is 28.5 Å². The Labute approximate surface area is 188 Å². The van der Waals surface area contributed by atoms with E-state index < -0.39 is 0 Å². The first-order chi connectivity index (χ1) is 14.8. The molecule has 0 unspecified atom stereocenters. The van der Waals surface area contributed by atoms with Crippen LogP contribution in [-0.2, 0) is 6.54 Å². The van der Waals surface area contributed by atoms with Gasteiger partial charge in [-0.05, 0) is 42.2 Å². The van der Waals surface area contributed by atoms with Crippen molar-refractivity contribution in [2.45, 2.75) is 26.8 Å². The molecule has 2 aromatic carbocycles. The van der Waals surface area contributed by atoms with Crippen LogP contribution in [0, 0.1) is 5.92 Å². The minimum Gasteiger partial charge on any atom is -0.493 e. The van der Waals surface area contributed by atoms with Crippen molar-refractivity contribution in [3.05, 3.63) is 40.4 Å². The number of ether oxygens (including phenoxy) is 5. The molecule has 170 valence electrons. The van der Waals surface area contributed by atoms with Crippen LogP contribution in [0.1, 0.15) is 36.2 Å². The van der Waals surface area contributed by atoms with Crippen LogP contribution >= 0.6 is 11.6 Å². The third kappa shape index (κ3) is 6.34. The Morgan fingerprint density at radius 3 is 2.00 bits per heavy atom. The van der Waals surface area contributed by atoms with Crippen LogP contribution in [0.2, 0.25) is 5.02 Å². The molecule has 0 bridgehead atoms. The highest BCUT2D eigenvalue weighted by Gasteiger charge is 2.17. The van der Waals surface area contributed by atoms with E-state index in [1.54, 1.807) is 38.5 Å². The summed E-state index contributed by atoms with van der Waals surface area (Å²) in [5.74, 6) is 2.56. The minimum absolute atomic E-state index is 0.252. The number of carbonyl (C=O) groups is 1. The Hall–Kier alpha value is -2.80. The Morgan fingerprint density at radius 1 is 0.903 bits per heavy atom. The maximum Gasteiger partial charge on any atom is 0.251 e. The van der Waals surface area contributed by atoms with Gasteiger partial charge in [-0.15, -0.1) is 0 Å². The second kappa shape index (κ2) is 11.6. The molecule has 0 atom stereocenters. The quantitative estimate of drug-likeness (QED) is 0.532. The average Bonchev–Trinajstić information content (AvgIpc) is 2.76. The largest absolute Gasteiger partial charge is 0.493 e. The summed E-state index contributed by atoms with van der Waals surface area (Å²) in [6.07, 6.45) is 0.885. The van der Waals surface area contributed by atoms with Gasteiger partial charge in [0.05, 0.1) is 40.1 Å². The normalized spacial score (nSPS) is 10.6. The first kappa shape index (κ1) is 24.5. The third-order valence-corrected chi connectivity index (χ3v) is 4.89. The molecule has 7 nitrogen and oxygen atoms in total. The van der Waals surface area contributed by atoms with Crippen molar-refractivity contribution in [1.29, 1.82) is 0 Å². The lowest BCUT2D eigenvalue weighted by atomic mass is 10.1. The number of hydrogen-bond acceptors (Lipinski definition) is 6. The molecule has 2 rings (SSSR count). The zero-order valence-electron chi connectivity index (χ0n) is 18.8. The van der Waals surface area contributed by atoms with Gasteiger partial charge in [0.2, 0.25) is 5.75 Å². The molecule has 0 saturated heterocycles. The standard InChI is InChI=1S/C23H30ClNO6/c1-14(2)7-8-31-21-17(24)11-16(12-20(21)29-5)23(26)25-13-15-9-18(27-3)22(30-6)19(10-15)28-4/h9-12,14H,7-8,13H2,1-6H3,(H,25,26). The molecule has 8 heteroatoms. The van der Waals surface area contributed by atoms with E-state index >= 15 is 0 Å². The highest BCUT2D eigenvalue weighted by molar-refractivity contribution is 6.32. The summed E-state index contributed by atoms with van der Waals surface area (Å²) in [4.78, 5) is 12.7. The molecular formula is C23H30ClNO6. The van der Waals surface area contributed by atoms with Crippen LogP contribution in [0.25, 0.3) is 0 Å². The SMILES string of the molecule is COc1cc(C(=O)NCc2cc(OC)c(OC)c(OC)c2)cc(Cl)c1OCCC(C)C. The Kier molecular flexibility index (Phi) is 9.12. The molecule has 0 fully saturated rings. The van der Waals surface area contributed by atoms with Crippen LogP contribution in [0.4, 0.5) is 0 Å². The topological polar surface area (TPSA) is 75.3 Å². The van der Waals surface area contributed by atoms with E-state index in [9.17, 15) is 4.79 Å².